The second kappa shape index (κ2) is 55.0. The summed E-state index contributed by atoms with van der Waals surface area (Å²) >= 11 is 0. The van der Waals surface area contributed by atoms with Crippen LogP contribution in [0.5, 0.6) is 0 Å². The molecule has 1 aromatic rings. The molecule has 1 aliphatic heterocycles. The molecule has 206 valence electrons. The van der Waals surface area contributed by atoms with E-state index in [1.54, 1.807) is 13.2 Å². The van der Waals surface area contributed by atoms with Gasteiger partial charge < -0.3 is 59.5 Å². The average Bonchev–Trinajstić information content (AvgIpc) is 2.72. The van der Waals surface area contributed by atoms with Crippen LogP contribution < -0.4 is 5.32 Å². The van der Waals surface area contributed by atoms with Gasteiger partial charge >= 0.3 is 39.0 Å². The molecule has 7 heteroatoms. The van der Waals surface area contributed by atoms with Crippen LogP contribution in [0.4, 0.5) is 0 Å². The molecule has 0 aliphatic carbocycles. The van der Waals surface area contributed by atoms with E-state index < -0.39 is 0 Å². The summed E-state index contributed by atoms with van der Waals surface area (Å²) in [5, 5.41) is 11.2. The Morgan fingerprint density at radius 1 is 0.971 bits per heavy atom. The Balaban J connectivity index is -0.0000000261. The molecule has 2 heterocycles. The zero-order valence-corrected chi connectivity index (χ0v) is 29.0. The van der Waals surface area contributed by atoms with Gasteiger partial charge in [-0.25, -0.2) is 0 Å². The number of pyridine rings is 1. The van der Waals surface area contributed by atoms with E-state index in [2.05, 4.69) is 34.8 Å². The van der Waals surface area contributed by atoms with Crippen molar-refractivity contribution in [2.75, 3.05) is 14.1 Å². The van der Waals surface area contributed by atoms with Gasteiger partial charge in [0.2, 0.25) is 0 Å². The molecular formula is C28H56N4Ru2Y+. The molecule has 0 bridgehead atoms. The number of hydrogen-bond donors (Lipinski definition) is 1. The number of nitrogens with one attached hydrogen (secondary N) is 1. The number of rotatable bonds is 5. The molecule has 2 rings (SSSR count). The summed E-state index contributed by atoms with van der Waals surface area (Å²) in [7, 11) is 3.65. The third kappa shape index (κ3) is 39.0. The first-order valence-corrected chi connectivity index (χ1v) is 9.29. The molecular weight excluding hydrogens is 683 g/mol. The van der Waals surface area contributed by atoms with Crippen LogP contribution in [0.25, 0.3) is 10.6 Å². The van der Waals surface area contributed by atoms with Gasteiger partial charge in [0, 0.05) is 44.9 Å². The van der Waals surface area contributed by atoms with Crippen molar-refractivity contribution in [2.45, 2.75) is 61.9 Å². The van der Waals surface area contributed by atoms with Crippen LogP contribution in [0, 0.1) is 43.6 Å². The third-order valence-electron chi connectivity index (χ3n) is 2.82. The van der Waals surface area contributed by atoms with Gasteiger partial charge in [-0.15, -0.1) is 13.5 Å². The molecule has 1 aromatic heterocycles. The summed E-state index contributed by atoms with van der Waals surface area (Å²) in [5.41, 5.74) is 4.03. The van der Waals surface area contributed by atoms with Crippen molar-refractivity contribution in [3.8, 4) is 0 Å². The van der Waals surface area contributed by atoms with Crippen molar-refractivity contribution in [3.05, 3.63) is 120 Å². The Kier molecular flexibility index (Phi) is 110. The molecule has 0 spiro atoms. The number of hydrogen-bond acceptors (Lipinski definition) is 2. The van der Waals surface area contributed by atoms with Gasteiger partial charge in [0.15, 0.2) is 0 Å². The minimum Gasteiger partial charge on any atom is -0.694 e. The number of aromatic nitrogens is 1. The van der Waals surface area contributed by atoms with Crippen molar-refractivity contribution >= 4 is 0 Å². The summed E-state index contributed by atoms with van der Waals surface area (Å²) in [6, 6.07) is 6.02. The summed E-state index contributed by atoms with van der Waals surface area (Å²) in [5.74, 6) is 0. The molecule has 4 nitrogen and oxygen atoms in total. The standard InChI is InChI=1S/C9H13N2.C9H11N2.2C2H6.2CH4.4CH3.2Ru.Y/c2*1-3-8-5-4-6-9(11-8)7-10-2;2*1-2;;;;;;;;;/h4-6,10H,1,3,7H2,2H3;4-7H,1,3H2,2H3;2*1-2H3;2*1H4;4*1H3;;;/q-1;-3;;;;;4*-1;+4;+5;. The minimum absolute atomic E-state index is 0. The van der Waals surface area contributed by atoms with Gasteiger partial charge in [-0.2, -0.15) is 24.0 Å². The normalized spacial score (nSPS) is 9.60. The van der Waals surface area contributed by atoms with Crippen molar-refractivity contribution in [3.63, 3.8) is 0 Å². The maximum absolute atomic E-state index is 4.36. The third-order valence-corrected chi connectivity index (χ3v) is 2.82. The van der Waals surface area contributed by atoms with Crippen LogP contribution in [0.2, 0.25) is 0 Å². The quantitative estimate of drug-likeness (QED) is 0.242. The van der Waals surface area contributed by atoms with Crippen LogP contribution in [-0.2, 0) is 84.6 Å². The fraction of sp³-hybridized carbons (Fsp3) is 0.393. The molecule has 0 aromatic carbocycles. The summed E-state index contributed by atoms with van der Waals surface area (Å²) in [6.45, 7) is 16.4. The Labute approximate surface area is 275 Å². The van der Waals surface area contributed by atoms with E-state index in [1.165, 1.54) is 0 Å². The van der Waals surface area contributed by atoms with Crippen LogP contribution >= 0.6 is 0 Å². The molecule has 0 atom stereocenters. The molecule has 2 radical (unpaired) electrons. The van der Waals surface area contributed by atoms with Crippen molar-refractivity contribution in [2.24, 2.45) is 0 Å². The van der Waals surface area contributed by atoms with Crippen molar-refractivity contribution in [1.82, 2.24) is 10.3 Å². The predicted octanol–water partition coefficient (Wildman–Crippen LogP) is 9.18. The van der Waals surface area contributed by atoms with Gasteiger partial charge in [0.25, 0.3) is 0 Å². The maximum atomic E-state index is 4.36. The van der Waals surface area contributed by atoms with Crippen molar-refractivity contribution < 1.29 is 71.7 Å². The molecule has 1 N–H and O–H groups in total. The summed E-state index contributed by atoms with van der Waals surface area (Å²) in [4.78, 5) is 4.36. The van der Waals surface area contributed by atoms with E-state index in [4.69, 9.17) is 0 Å². The topological polar surface area (TPSA) is 53.1 Å². The van der Waals surface area contributed by atoms with Gasteiger partial charge in [-0.05, 0) is 19.2 Å². The Morgan fingerprint density at radius 2 is 1.46 bits per heavy atom. The molecule has 0 amide bonds. The van der Waals surface area contributed by atoms with E-state index in [-0.39, 0.29) is 116 Å². The zero-order chi connectivity index (χ0) is 20.2. The molecule has 0 unspecified atom stereocenters. The largest absolute Gasteiger partial charge is 5.00 e. The molecule has 35 heavy (non-hydrogen) atoms. The molecule has 0 fully saturated rings. The van der Waals surface area contributed by atoms with E-state index >= 15 is 0 Å². The fourth-order valence-corrected chi connectivity index (χ4v) is 1.79. The summed E-state index contributed by atoms with van der Waals surface area (Å²) in [6.07, 6.45) is 9.07. The number of nitrogens with zero attached hydrogens (tertiary/aromatic N) is 3. The Hall–Kier alpha value is 0.281. The first kappa shape index (κ1) is 70.3. The van der Waals surface area contributed by atoms with Gasteiger partial charge in [-0.3, -0.25) is 4.98 Å². The van der Waals surface area contributed by atoms with E-state index in [0.29, 0.717) is 0 Å². The van der Waals surface area contributed by atoms with E-state index in [9.17, 15) is 0 Å². The number of allylic oxidation sites excluding steroid dienone is 4. The average molecular weight is 740 g/mol. The summed E-state index contributed by atoms with van der Waals surface area (Å²) < 4.78 is 0. The predicted molar refractivity (Wildman–Crippen MR) is 156 cm³/mol. The van der Waals surface area contributed by atoms with Gasteiger partial charge in [0.05, 0.1) is 5.69 Å². The van der Waals surface area contributed by atoms with E-state index in [0.717, 1.165) is 42.2 Å². The van der Waals surface area contributed by atoms with Crippen LogP contribution in [0.1, 0.15) is 60.4 Å². The zero-order valence-electron chi connectivity index (χ0n) is 22.7. The Morgan fingerprint density at radius 3 is 1.86 bits per heavy atom. The Bertz CT molecular complexity index is 550. The second-order valence-electron chi connectivity index (χ2n) is 4.59. The monoisotopic (exact) mass is 741 g/mol. The minimum atomic E-state index is 0. The molecule has 1 aliphatic rings. The van der Waals surface area contributed by atoms with Crippen LogP contribution in [-0.4, -0.2) is 19.1 Å². The van der Waals surface area contributed by atoms with Crippen LogP contribution in [0.3, 0.4) is 0 Å². The first-order valence-electron chi connectivity index (χ1n) is 9.29. The van der Waals surface area contributed by atoms with Gasteiger partial charge in [-0.1, -0.05) is 66.8 Å². The van der Waals surface area contributed by atoms with Gasteiger partial charge in [0.1, 0.15) is 0 Å². The van der Waals surface area contributed by atoms with Crippen molar-refractivity contribution in [1.29, 1.82) is 0 Å². The SMILES string of the molecule is C.C.CC.CC.[CH2-]CC1=CC=CC(=C[N-]C)[N-]1.[CH2-]Cc1cccc(CNC)n1.[CH3-].[CH3-].[CH3-].[CH3-].[Ru+4].[Ru+5].[Y]. The smallest absolute Gasteiger partial charge is 0.694 e. The fourth-order valence-electron chi connectivity index (χ4n) is 1.79. The first-order chi connectivity index (χ1) is 12.7. The molecule has 0 saturated heterocycles. The van der Waals surface area contributed by atoms with Crippen LogP contribution in [0.15, 0.2) is 54.0 Å². The maximum Gasteiger partial charge on any atom is 5.00 e. The van der Waals surface area contributed by atoms with E-state index in [1.807, 2.05) is 71.2 Å². The molecule has 0 saturated carbocycles. The second-order valence-corrected chi connectivity index (χ2v) is 4.59.